The maximum Gasteiger partial charge on any atom is 0.0969 e. The fourth-order valence-electron chi connectivity index (χ4n) is 2.09. The first kappa shape index (κ1) is 13.5. The van der Waals surface area contributed by atoms with Crippen LogP contribution in [0.5, 0.6) is 0 Å². The molecule has 1 atom stereocenters. The molecule has 0 spiro atoms. The van der Waals surface area contributed by atoms with Crippen LogP contribution in [0, 0.1) is 0 Å². The number of hydrogen-bond acceptors (Lipinski definition) is 4. The number of hydrogen-bond donors (Lipinski definition) is 1. The van der Waals surface area contributed by atoms with E-state index in [9.17, 15) is 0 Å². The number of pyridine rings is 1. The average Bonchev–Trinajstić information content (AvgIpc) is 3.03. The van der Waals surface area contributed by atoms with Gasteiger partial charge in [0.15, 0.2) is 0 Å². The normalized spacial score (nSPS) is 12.2. The zero-order valence-electron chi connectivity index (χ0n) is 11.8. The third kappa shape index (κ3) is 3.32. The van der Waals surface area contributed by atoms with Crippen molar-refractivity contribution >= 4 is 0 Å². The van der Waals surface area contributed by atoms with Crippen LogP contribution in [0.1, 0.15) is 24.2 Å². The molecule has 1 N–H and O–H groups in total. The summed E-state index contributed by atoms with van der Waals surface area (Å²) >= 11 is 0. The van der Waals surface area contributed by atoms with Gasteiger partial charge >= 0.3 is 0 Å². The molecule has 3 aromatic rings. The van der Waals surface area contributed by atoms with Gasteiger partial charge in [-0.1, -0.05) is 18.2 Å². The number of aromatic nitrogens is 4. The maximum atomic E-state index is 4.48. The molecule has 0 fully saturated rings. The Morgan fingerprint density at radius 1 is 1.10 bits per heavy atom. The molecule has 0 saturated heterocycles. The van der Waals surface area contributed by atoms with E-state index in [2.05, 4.69) is 27.4 Å². The minimum absolute atomic E-state index is 0.245. The first-order chi connectivity index (χ1) is 10.3. The van der Waals surface area contributed by atoms with Crippen LogP contribution >= 0.6 is 0 Å². The highest BCUT2D eigenvalue weighted by Gasteiger charge is 2.07. The van der Waals surface area contributed by atoms with Crippen molar-refractivity contribution in [2.75, 3.05) is 0 Å². The zero-order chi connectivity index (χ0) is 14.5. The molecule has 106 valence electrons. The Bertz CT molecular complexity index is 678. The highest BCUT2D eigenvalue weighted by Crippen LogP contribution is 2.11. The molecule has 0 amide bonds. The highest BCUT2D eigenvalue weighted by atomic mass is 15.5. The molecular formula is C16H17N5. The van der Waals surface area contributed by atoms with Crippen LogP contribution in [0.3, 0.4) is 0 Å². The lowest BCUT2D eigenvalue weighted by Crippen LogP contribution is -2.18. The second-order valence-corrected chi connectivity index (χ2v) is 4.84. The van der Waals surface area contributed by atoms with E-state index in [1.807, 2.05) is 42.5 Å². The summed E-state index contributed by atoms with van der Waals surface area (Å²) in [7, 11) is 0. The molecule has 0 aliphatic rings. The van der Waals surface area contributed by atoms with Gasteiger partial charge in [0.25, 0.3) is 0 Å². The van der Waals surface area contributed by atoms with Crippen LogP contribution < -0.4 is 5.32 Å². The Hall–Kier alpha value is -2.53. The zero-order valence-corrected chi connectivity index (χ0v) is 11.8. The number of nitrogens with one attached hydrogen (secondary N) is 1. The molecule has 0 aliphatic heterocycles. The quantitative estimate of drug-likeness (QED) is 0.779. The van der Waals surface area contributed by atoms with Crippen LogP contribution in [0.2, 0.25) is 0 Å². The third-order valence-corrected chi connectivity index (χ3v) is 3.32. The number of para-hydroxylation sites is 1. The molecule has 1 aromatic carbocycles. The largest absolute Gasteiger partial charge is 0.304 e. The fraction of sp³-hybridized carbons (Fsp3) is 0.188. The lowest BCUT2D eigenvalue weighted by molar-refractivity contribution is 0.563. The molecule has 1 unspecified atom stereocenters. The van der Waals surface area contributed by atoms with Crippen LogP contribution in [0.15, 0.2) is 61.1 Å². The molecule has 0 aliphatic carbocycles. The molecule has 3 rings (SSSR count). The van der Waals surface area contributed by atoms with E-state index in [1.165, 1.54) is 5.56 Å². The molecule has 0 saturated carbocycles. The Balaban J connectivity index is 1.63. The second-order valence-electron chi connectivity index (χ2n) is 4.84. The molecule has 2 aromatic heterocycles. The van der Waals surface area contributed by atoms with Gasteiger partial charge in [0.1, 0.15) is 0 Å². The van der Waals surface area contributed by atoms with Crippen LogP contribution in [-0.2, 0) is 6.54 Å². The van der Waals surface area contributed by atoms with Crippen LogP contribution in [-0.4, -0.2) is 20.0 Å². The van der Waals surface area contributed by atoms with Crippen molar-refractivity contribution in [2.45, 2.75) is 19.5 Å². The van der Waals surface area contributed by atoms with Gasteiger partial charge in [-0.3, -0.25) is 4.98 Å². The lowest BCUT2D eigenvalue weighted by atomic mass is 10.1. The summed E-state index contributed by atoms with van der Waals surface area (Å²) in [5.41, 5.74) is 3.09. The Kier molecular flexibility index (Phi) is 4.02. The van der Waals surface area contributed by atoms with Crippen molar-refractivity contribution in [1.29, 1.82) is 0 Å². The monoisotopic (exact) mass is 279 g/mol. The van der Waals surface area contributed by atoms with E-state index in [0.29, 0.717) is 6.54 Å². The molecule has 21 heavy (non-hydrogen) atoms. The van der Waals surface area contributed by atoms with Gasteiger partial charge in [-0.05, 0) is 36.8 Å². The van der Waals surface area contributed by atoms with Gasteiger partial charge < -0.3 is 5.32 Å². The average molecular weight is 279 g/mol. The number of rotatable bonds is 5. The standard InChI is InChI=1S/C16H17N5/c1-13(14-7-9-17-10-8-14)18-11-15-12-19-21(20-15)16-5-3-2-4-6-16/h2-10,12-13,18H,11H2,1H3. The van der Waals surface area contributed by atoms with Gasteiger partial charge in [-0.15, -0.1) is 0 Å². The van der Waals surface area contributed by atoms with Crippen molar-refractivity contribution < 1.29 is 0 Å². The minimum Gasteiger partial charge on any atom is -0.304 e. The Labute approximate surface area is 123 Å². The number of benzene rings is 1. The van der Waals surface area contributed by atoms with E-state index in [-0.39, 0.29) is 6.04 Å². The predicted molar refractivity (Wildman–Crippen MR) is 80.9 cm³/mol. The molecule has 5 nitrogen and oxygen atoms in total. The van der Waals surface area contributed by atoms with Crippen molar-refractivity contribution in [3.05, 3.63) is 72.3 Å². The summed E-state index contributed by atoms with van der Waals surface area (Å²) in [6, 6.07) is 14.2. The number of nitrogens with zero attached hydrogens (tertiary/aromatic N) is 4. The summed E-state index contributed by atoms with van der Waals surface area (Å²) in [5, 5.41) is 12.2. The lowest BCUT2D eigenvalue weighted by Gasteiger charge is -2.12. The molecular weight excluding hydrogens is 262 g/mol. The van der Waals surface area contributed by atoms with Crippen molar-refractivity contribution in [1.82, 2.24) is 25.3 Å². The molecule has 0 bridgehead atoms. The van der Waals surface area contributed by atoms with E-state index >= 15 is 0 Å². The first-order valence-corrected chi connectivity index (χ1v) is 6.93. The van der Waals surface area contributed by atoms with Gasteiger partial charge in [0, 0.05) is 25.0 Å². The topological polar surface area (TPSA) is 55.6 Å². The predicted octanol–water partition coefficient (Wildman–Crippen LogP) is 2.51. The SMILES string of the molecule is CC(NCc1cnn(-c2ccccc2)n1)c1ccncc1. The fourth-order valence-corrected chi connectivity index (χ4v) is 2.09. The highest BCUT2D eigenvalue weighted by molar-refractivity contribution is 5.28. The summed E-state index contributed by atoms with van der Waals surface area (Å²) in [4.78, 5) is 5.68. The summed E-state index contributed by atoms with van der Waals surface area (Å²) in [6.45, 7) is 2.80. The summed E-state index contributed by atoms with van der Waals surface area (Å²) in [5.74, 6) is 0. The maximum absolute atomic E-state index is 4.48. The van der Waals surface area contributed by atoms with Gasteiger partial charge in [-0.25, -0.2) is 0 Å². The van der Waals surface area contributed by atoms with Crippen molar-refractivity contribution in [3.8, 4) is 5.69 Å². The first-order valence-electron chi connectivity index (χ1n) is 6.93. The van der Waals surface area contributed by atoms with E-state index in [4.69, 9.17) is 0 Å². The van der Waals surface area contributed by atoms with Gasteiger partial charge in [0.2, 0.25) is 0 Å². The molecule has 0 radical (unpaired) electrons. The Morgan fingerprint density at radius 3 is 2.62 bits per heavy atom. The Morgan fingerprint density at radius 2 is 1.86 bits per heavy atom. The van der Waals surface area contributed by atoms with E-state index in [0.717, 1.165) is 11.4 Å². The van der Waals surface area contributed by atoms with Gasteiger partial charge in [-0.2, -0.15) is 15.0 Å². The smallest absolute Gasteiger partial charge is 0.0969 e. The van der Waals surface area contributed by atoms with Crippen LogP contribution in [0.4, 0.5) is 0 Å². The van der Waals surface area contributed by atoms with E-state index in [1.54, 1.807) is 23.4 Å². The van der Waals surface area contributed by atoms with Crippen LogP contribution in [0.25, 0.3) is 5.69 Å². The molecule has 5 heteroatoms. The molecule has 2 heterocycles. The summed E-state index contributed by atoms with van der Waals surface area (Å²) in [6.07, 6.45) is 5.40. The minimum atomic E-state index is 0.245. The second kappa shape index (κ2) is 6.28. The van der Waals surface area contributed by atoms with Crippen molar-refractivity contribution in [2.24, 2.45) is 0 Å². The third-order valence-electron chi connectivity index (χ3n) is 3.32. The van der Waals surface area contributed by atoms with E-state index < -0.39 is 0 Å². The van der Waals surface area contributed by atoms with Gasteiger partial charge in [0.05, 0.1) is 17.6 Å². The summed E-state index contributed by atoms with van der Waals surface area (Å²) < 4.78 is 0. The van der Waals surface area contributed by atoms with Crippen molar-refractivity contribution in [3.63, 3.8) is 0 Å².